The number of hydrogen-bond donors (Lipinski definition) is 1. The molecule has 1 N–H and O–H groups in total. The van der Waals surface area contributed by atoms with Crippen LogP contribution >= 0.6 is 0 Å². The lowest BCUT2D eigenvalue weighted by Gasteiger charge is -2.41. The van der Waals surface area contributed by atoms with Gasteiger partial charge in [0.1, 0.15) is 19.0 Å². The SMILES string of the molecule is O=C(OCc1ccccc1)N1C2CCC1CN(c1nc(OCC34CCCN3CCC4)nc3c1CCNC3)C2. The molecule has 6 heterocycles. The summed E-state index contributed by atoms with van der Waals surface area (Å²) in [5.74, 6) is 1.01. The van der Waals surface area contributed by atoms with Gasteiger partial charge in [0, 0.05) is 25.2 Å². The van der Waals surface area contributed by atoms with Crippen molar-refractivity contribution >= 4 is 11.9 Å². The third-order valence-electron chi connectivity index (χ3n) is 9.37. The number of hydrogen-bond acceptors (Lipinski definition) is 8. The van der Waals surface area contributed by atoms with Crippen LogP contribution in [0, 0.1) is 0 Å². The van der Waals surface area contributed by atoms with Crippen molar-refractivity contribution in [3.63, 3.8) is 0 Å². The Morgan fingerprint density at radius 1 is 1.05 bits per heavy atom. The zero-order valence-electron chi connectivity index (χ0n) is 22.1. The lowest BCUT2D eigenvalue weighted by atomic mass is 9.95. The average molecular weight is 519 g/mol. The number of carbonyl (C=O) groups is 1. The van der Waals surface area contributed by atoms with Crippen LogP contribution in [-0.4, -0.2) is 82.8 Å². The monoisotopic (exact) mass is 518 g/mol. The summed E-state index contributed by atoms with van der Waals surface area (Å²) < 4.78 is 12.1. The lowest BCUT2D eigenvalue weighted by molar-refractivity contribution is 0.0732. The quantitative estimate of drug-likeness (QED) is 0.625. The van der Waals surface area contributed by atoms with Crippen LogP contribution in [-0.2, 0) is 24.3 Å². The van der Waals surface area contributed by atoms with E-state index >= 15 is 0 Å². The Morgan fingerprint density at radius 3 is 2.58 bits per heavy atom. The molecule has 0 radical (unpaired) electrons. The Bertz CT molecular complexity index is 1150. The van der Waals surface area contributed by atoms with E-state index in [1.807, 2.05) is 35.2 Å². The van der Waals surface area contributed by atoms with Crippen LogP contribution in [0.4, 0.5) is 10.6 Å². The van der Waals surface area contributed by atoms with Crippen LogP contribution in [0.5, 0.6) is 6.01 Å². The smallest absolute Gasteiger partial charge is 0.410 e. The fourth-order valence-corrected chi connectivity index (χ4v) is 7.47. The van der Waals surface area contributed by atoms with Gasteiger partial charge >= 0.3 is 12.1 Å². The number of ether oxygens (including phenoxy) is 2. The summed E-state index contributed by atoms with van der Waals surface area (Å²) in [6, 6.07) is 10.7. The number of fused-ring (bicyclic) bond motifs is 4. The molecule has 2 atom stereocenters. The van der Waals surface area contributed by atoms with Gasteiger partial charge in [0.05, 0.1) is 23.3 Å². The number of rotatable bonds is 6. The summed E-state index contributed by atoms with van der Waals surface area (Å²) >= 11 is 0. The van der Waals surface area contributed by atoms with Crippen molar-refractivity contribution in [2.45, 2.75) is 75.7 Å². The molecule has 38 heavy (non-hydrogen) atoms. The van der Waals surface area contributed by atoms with Crippen LogP contribution in [0.15, 0.2) is 30.3 Å². The number of aromatic nitrogens is 2. The Balaban J connectivity index is 1.07. The molecule has 4 fully saturated rings. The number of piperazine rings is 1. The minimum atomic E-state index is -0.198. The van der Waals surface area contributed by atoms with Crippen LogP contribution in [0.2, 0.25) is 0 Å². The predicted octanol–water partition coefficient (Wildman–Crippen LogP) is 3.12. The van der Waals surface area contributed by atoms with E-state index in [4.69, 9.17) is 19.4 Å². The maximum Gasteiger partial charge on any atom is 0.410 e. The van der Waals surface area contributed by atoms with E-state index in [2.05, 4.69) is 15.1 Å². The van der Waals surface area contributed by atoms with E-state index in [1.54, 1.807) is 0 Å². The zero-order chi connectivity index (χ0) is 25.5. The van der Waals surface area contributed by atoms with Gasteiger partial charge < -0.3 is 19.7 Å². The number of nitrogens with one attached hydrogen (secondary N) is 1. The molecule has 5 aliphatic heterocycles. The van der Waals surface area contributed by atoms with E-state index in [1.165, 1.54) is 44.3 Å². The van der Waals surface area contributed by atoms with Gasteiger partial charge in [-0.25, -0.2) is 4.79 Å². The first-order chi connectivity index (χ1) is 18.7. The van der Waals surface area contributed by atoms with E-state index in [0.29, 0.717) is 19.2 Å². The van der Waals surface area contributed by atoms with Gasteiger partial charge in [0.25, 0.3) is 0 Å². The Hall–Kier alpha value is -2.91. The summed E-state index contributed by atoms with van der Waals surface area (Å²) in [7, 11) is 0. The molecule has 2 bridgehead atoms. The second kappa shape index (κ2) is 10.0. The van der Waals surface area contributed by atoms with Gasteiger partial charge in [-0.1, -0.05) is 30.3 Å². The molecule has 2 aromatic rings. The highest BCUT2D eigenvalue weighted by Gasteiger charge is 2.46. The molecule has 1 aromatic heterocycles. The molecule has 0 spiro atoms. The molecule has 1 amide bonds. The molecule has 9 heteroatoms. The van der Waals surface area contributed by atoms with Gasteiger partial charge in [-0.05, 0) is 70.1 Å². The average Bonchev–Trinajstić information content (AvgIpc) is 3.61. The van der Waals surface area contributed by atoms with Crippen molar-refractivity contribution in [2.75, 3.05) is 44.2 Å². The molecule has 5 aliphatic rings. The van der Waals surface area contributed by atoms with Gasteiger partial charge in [0.15, 0.2) is 0 Å². The summed E-state index contributed by atoms with van der Waals surface area (Å²) in [5.41, 5.74) is 3.47. The highest BCUT2D eigenvalue weighted by atomic mass is 16.6. The molecule has 7 rings (SSSR count). The summed E-state index contributed by atoms with van der Waals surface area (Å²) in [6.45, 7) is 6.57. The molecular weight excluding hydrogens is 480 g/mol. The van der Waals surface area contributed by atoms with Crippen LogP contribution in [0.1, 0.15) is 55.3 Å². The zero-order valence-corrected chi connectivity index (χ0v) is 22.1. The van der Waals surface area contributed by atoms with Gasteiger partial charge in [0.2, 0.25) is 0 Å². The normalized spacial score (nSPS) is 25.8. The molecule has 4 saturated heterocycles. The van der Waals surface area contributed by atoms with E-state index in [-0.39, 0.29) is 23.7 Å². The lowest BCUT2D eigenvalue weighted by Crippen LogP contribution is -2.56. The second-order valence-corrected chi connectivity index (χ2v) is 11.6. The van der Waals surface area contributed by atoms with Crippen molar-refractivity contribution in [3.8, 4) is 6.01 Å². The number of anilines is 1. The highest BCUT2D eigenvalue weighted by molar-refractivity contribution is 5.70. The van der Waals surface area contributed by atoms with Gasteiger partial charge in [-0.3, -0.25) is 9.80 Å². The minimum Gasteiger partial charge on any atom is -0.461 e. The molecule has 2 unspecified atom stereocenters. The summed E-state index contributed by atoms with van der Waals surface area (Å²) in [5, 5.41) is 3.47. The van der Waals surface area contributed by atoms with Crippen molar-refractivity contribution in [1.29, 1.82) is 0 Å². The largest absolute Gasteiger partial charge is 0.461 e. The van der Waals surface area contributed by atoms with E-state index in [0.717, 1.165) is 62.5 Å². The molecule has 9 nitrogen and oxygen atoms in total. The first kappa shape index (κ1) is 24.2. The van der Waals surface area contributed by atoms with Crippen molar-refractivity contribution in [3.05, 3.63) is 47.2 Å². The van der Waals surface area contributed by atoms with Gasteiger partial charge in [-0.15, -0.1) is 0 Å². The van der Waals surface area contributed by atoms with E-state index < -0.39 is 0 Å². The minimum absolute atomic E-state index is 0.137. The number of amides is 1. The van der Waals surface area contributed by atoms with Crippen molar-refractivity contribution in [1.82, 2.24) is 25.1 Å². The molecule has 202 valence electrons. The third kappa shape index (κ3) is 4.39. The highest BCUT2D eigenvalue weighted by Crippen LogP contribution is 2.40. The van der Waals surface area contributed by atoms with Crippen LogP contribution < -0.4 is 15.0 Å². The summed E-state index contributed by atoms with van der Waals surface area (Å²) in [6.07, 6.45) is 7.63. The Kier molecular flexibility index (Phi) is 6.36. The fraction of sp³-hybridized carbons (Fsp3) is 0.621. The second-order valence-electron chi connectivity index (χ2n) is 11.6. The van der Waals surface area contributed by atoms with Crippen LogP contribution in [0.25, 0.3) is 0 Å². The van der Waals surface area contributed by atoms with E-state index in [9.17, 15) is 4.79 Å². The standard InChI is InChI=1S/C29H38N6O3/c36-28(37-19-21-6-2-1-3-7-21)35-22-8-9-23(35)18-33(17-22)26-24-10-13-30-16-25(24)31-27(32-26)38-20-29-11-4-14-34(29)15-5-12-29/h1-3,6-7,22-23,30H,4-5,8-20H2. The third-order valence-corrected chi connectivity index (χ3v) is 9.37. The Labute approximate surface area is 224 Å². The number of benzene rings is 1. The van der Waals surface area contributed by atoms with Crippen LogP contribution in [0.3, 0.4) is 0 Å². The number of carbonyl (C=O) groups excluding carboxylic acids is 1. The van der Waals surface area contributed by atoms with Crippen molar-refractivity contribution in [2.24, 2.45) is 0 Å². The molecular formula is C29H38N6O3. The predicted molar refractivity (Wildman–Crippen MR) is 143 cm³/mol. The topological polar surface area (TPSA) is 83.1 Å². The Morgan fingerprint density at radius 2 is 1.82 bits per heavy atom. The first-order valence-electron chi connectivity index (χ1n) is 14.4. The molecule has 0 aliphatic carbocycles. The number of nitrogens with zero attached hydrogens (tertiary/aromatic N) is 5. The maximum absolute atomic E-state index is 13.1. The first-order valence-corrected chi connectivity index (χ1v) is 14.4. The van der Waals surface area contributed by atoms with Crippen molar-refractivity contribution < 1.29 is 14.3 Å². The maximum atomic E-state index is 13.1. The fourth-order valence-electron chi connectivity index (χ4n) is 7.47. The molecule has 1 aromatic carbocycles. The van der Waals surface area contributed by atoms with Gasteiger partial charge in [-0.2, -0.15) is 9.97 Å². The summed E-state index contributed by atoms with van der Waals surface area (Å²) in [4.78, 5) is 30.0. The molecule has 0 saturated carbocycles.